The third kappa shape index (κ3) is 6.63. The second-order valence-corrected chi connectivity index (χ2v) is 3.87. The predicted octanol–water partition coefficient (Wildman–Crippen LogP) is 1.36. The van der Waals surface area contributed by atoms with E-state index in [0.29, 0.717) is 10.5 Å². The molecule has 0 radical (unpaired) electrons. The molecule has 0 unspecified atom stereocenters. The Labute approximate surface area is 115 Å². The van der Waals surface area contributed by atoms with Crippen LogP contribution in [0.5, 0.6) is 0 Å². The second kappa shape index (κ2) is 8.33. The average Bonchev–Trinajstić information content (AvgIpc) is 2.37. The van der Waals surface area contributed by atoms with Crippen LogP contribution in [0.25, 0.3) is 0 Å². The van der Waals surface area contributed by atoms with Crippen molar-refractivity contribution in [3.63, 3.8) is 0 Å². The van der Waals surface area contributed by atoms with Crippen molar-refractivity contribution in [3.05, 3.63) is 39.9 Å². The molecular weight excluding hydrogens is 274 g/mol. The number of rotatable bonds is 8. The SMILES string of the molecule is O=C(OCCOCCO[N+](=O)[O-])c1cccc(S)c1. The lowest BCUT2D eigenvalue weighted by Gasteiger charge is -2.06. The highest BCUT2D eigenvalue weighted by Crippen LogP contribution is 2.09. The van der Waals surface area contributed by atoms with Crippen molar-refractivity contribution in [1.29, 1.82) is 0 Å². The molecule has 0 N–H and O–H groups in total. The molecule has 0 aliphatic rings. The lowest BCUT2D eigenvalue weighted by atomic mass is 10.2. The third-order valence-corrected chi connectivity index (χ3v) is 2.25. The molecule has 1 aromatic rings. The number of carbonyl (C=O) groups excluding carboxylic acids is 1. The Hall–Kier alpha value is -1.80. The van der Waals surface area contributed by atoms with E-state index in [1.54, 1.807) is 24.3 Å². The number of thiol groups is 1. The van der Waals surface area contributed by atoms with E-state index < -0.39 is 11.1 Å². The first-order valence-electron chi connectivity index (χ1n) is 5.41. The Morgan fingerprint density at radius 1 is 1.26 bits per heavy atom. The molecule has 0 spiro atoms. The number of benzene rings is 1. The highest BCUT2D eigenvalue weighted by molar-refractivity contribution is 7.80. The molecule has 0 aliphatic carbocycles. The van der Waals surface area contributed by atoms with Crippen LogP contribution in [-0.2, 0) is 14.3 Å². The van der Waals surface area contributed by atoms with Gasteiger partial charge in [0.1, 0.15) is 13.2 Å². The van der Waals surface area contributed by atoms with Crippen molar-refractivity contribution in [1.82, 2.24) is 0 Å². The summed E-state index contributed by atoms with van der Waals surface area (Å²) in [5.41, 5.74) is 0.407. The van der Waals surface area contributed by atoms with Crippen molar-refractivity contribution >= 4 is 18.6 Å². The van der Waals surface area contributed by atoms with Gasteiger partial charge in [-0.05, 0) is 18.2 Å². The Bertz CT molecular complexity index is 439. The maximum atomic E-state index is 11.5. The molecule has 0 saturated carbocycles. The van der Waals surface area contributed by atoms with Gasteiger partial charge in [0, 0.05) is 4.90 Å². The van der Waals surface area contributed by atoms with Gasteiger partial charge in [0.05, 0.1) is 18.8 Å². The van der Waals surface area contributed by atoms with Crippen LogP contribution in [0.4, 0.5) is 0 Å². The minimum absolute atomic E-state index is 0.0602. The van der Waals surface area contributed by atoms with Crippen molar-refractivity contribution in [3.8, 4) is 0 Å². The smallest absolute Gasteiger partial charge is 0.338 e. The molecule has 0 amide bonds. The first-order valence-corrected chi connectivity index (χ1v) is 5.85. The second-order valence-electron chi connectivity index (χ2n) is 3.36. The first-order chi connectivity index (χ1) is 9.09. The molecule has 1 aromatic carbocycles. The van der Waals surface area contributed by atoms with E-state index in [1.165, 1.54) is 0 Å². The molecule has 104 valence electrons. The van der Waals surface area contributed by atoms with Gasteiger partial charge in [0.25, 0.3) is 5.09 Å². The van der Waals surface area contributed by atoms with Crippen LogP contribution in [0.3, 0.4) is 0 Å². The monoisotopic (exact) mass is 287 g/mol. The predicted molar refractivity (Wildman–Crippen MR) is 67.7 cm³/mol. The molecule has 19 heavy (non-hydrogen) atoms. The summed E-state index contributed by atoms with van der Waals surface area (Å²) in [5.74, 6) is -0.471. The third-order valence-electron chi connectivity index (χ3n) is 1.97. The average molecular weight is 287 g/mol. The topological polar surface area (TPSA) is 87.9 Å². The lowest BCUT2D eigenvalue weighted by molar-refractivity contribution is -0.758. The summed E-state index contributed by atoms with van der Waals surface area (Å²) in [6.45, 7) is 0.120. The molecule has 0 aromatic heterocycles. The fraction of sp³-hybridized carbons (Fsp3) is 0.364. The van der Waals surface area contributed by atoms with Crippen molar-refractivity contribution < 1.29 is 24.2 Å². The van der Waals surface area contributed by atoms with Crippen LogP contribution in [-0.4, -0.2) is 37.5 Å². The van der Waals surface area contributed by atoms with Crippen LogP contribution < -0.4 is 0 Å². The van der Waals surface area contributed by atoms with Crippen molar-refractivity contribution in [2.45, 2.75) is 4.90 Å². The van der Waals surface area contributed by atoms with Crippen LogP contribution in [0.2, 0.25) is 0 Å². The Balaban J connectivity index is 2.12. The van der Waals surface area contributed by atoms with Gasteiger partial charge in [-0.3, -0.25) is 0 Å². The van der Waals surface area contributed by atoms with E-state index in [0.717, 1.165) is 0 Å². The highest BCUT2D eigenvalue weighted by Gasteiger charge is 2.06. The van der Waals surface area contributed by atoms with E-state index in [1.807, 2.05) is 0 Å². The molecular formula is C11H13NO6S. The fourth-order valence-electron chi connectivity index (χ4n) is 1.18. The molecule has 0 aliphatic heterocycles. The van der Waals surface area contributed by atoms with Crippen LogP contribution >= 0.6 is 12.6 Å². The van der Waals surface area contributed by atoms with Gasteiger partial charge in [0.2, 0.25) is 0 Å². The standard InChI is InChI=1S/C11H13NO6S/c13-11(9-2-1-3-10(19)8-9)17-6-4-16-5-7-18-12(14)15/h1-3,8,19H,4-7H2. The Morgan fingerprint density at radius 2 is 2.00 bits per heavy atom. The lowest BCUT2D eigenvalue weighted by Crippen LogP contribution is -2.14. The Morgan fingerprint density at radius 3 is 2.68 bits per heavy atom. The van der Waals surface area contributed by atoms with E-state index in [9.17, 15) is 14.9 Å². The maximum Gasteiger partial charge on any atom is 0.338 e. The minimum atomic E-state index is -0.895. The Kier molecular flexibility index (Phi) is 6.69. The van der Waals surface area contributed by atoms with E-state index in [4.69, 9.17) is 9.47 Å². The summed E-state index contributed by atoms with van der Waals surface area (Å²) in [7, 11) is 0. The summed E-state index contributed by atoms with van der Waals surface area (Å²) in [6.07, 6.45) is 0. The minimum Gasteiger partial charge on any atom is -0.460 e. The molecule has 8 heteroatoms. The zero-order valence-electron chi connectivity index (χ0n) is 9.98. The van der Waals surface area contributed by atoms with Crippen molar-refractivity contribution in [2.24, 2.45) is 0 Å². The van der Waals surface area contributed by atoms with E-state index in [-0.39, 0.29) is 26.4 Å². The van der Waals surface area contributed by atoms with Crippen LogP contribution in [0.1, 0.15) is 10.4 Å². The van der Waals surface area contributed by atoms with Crippen LogP contribution in [0.15, 0.2) is 29.2 Å². The quantitative estimate of drug-likeness (QED) is 0.255. The zero-order valence-corrected chi connectivity index (χ0v) is 10.9. The molecule has 0 fully saturated rings. The van der Waals surface area contributed by atoms with Gasteiger partial charge in [-0.2, -0.15) is 0 Å². The zero-order chi connectivity index (χ0) is 14.1. The number of esters is 1. The van der Waals surface area contributed by atoms with Crippen molar-refractivity contribution in [2.75, 3.05) is 26.4 Å². The number of hydrogen-bond acceptors (Lipinski definition) is 7. The van der Waals surface area contributed by atoms with Gasteiger partial charge in [-0.1, -0.05) is 6.07 Å². The maximum absolute atomic E-state index is 11.5. The molecule has 7 nitrogen and oxygen atoms in total. The fourth-order valence-corrected chi connectivity index (χ4v) is 1.41. The van der Waals surface area contributed by atoms with E-state index in [2.05, 4.69) is 17.5 Å². The summed E-state index contributed by atoms with van der Waals surface area (Å²) in [4.78, 5) is 26.1. The number of carbonyl (C=O) groups is 1. The molecule has 0 atom stereocenters. The van der Waals surface area contributed by atoms with Gasteiger partial charge in [-0.25, -0.2) is 4.79 Å². The summed E-state index contributed by atoms with van der Waals surface area (Å²) in [6, 6.07) is 6.66. The first kappa shape index (κ1) is 15.3. The summed E-state index contributed by atoms with van der Waals surface area (Å²) in [5, 5.41) is 8.92. The number of nitrogens with zero attached hydrogens (tertiary/aromatic N) is 1. The normalized spacial score (nSPS) is 9.95. The van der Waals surface area contributed by atoms with Gasteiger partial charge >= 0.3 is 5.97 Å². The largest absolute Gasteiger partial charge is 0.460 e. The number of ether oxygens (including phenoxy) is 2. The summed E-state index contributed by atoms with van der Waals surface area (Å²) < 4.78 is 9.91. The molecule has 0 bridgehead atoms. The highest BCUT2D eigenvalue weighted by atomic mass is 32.1. The van der Waals surface area contributed by atoms with Gasteiger partial charge in [0.15, 0.2) is 0 Å². The summed E-state index contributed by atoms with van der Waals surface area (Å²) >= 11 is 4.11. The van der Waals surface area contributed by atoms with E-state index >= 15 is 0 Å². The van der Waals surface area contributed by atoms with Gasteiger partial charge in [-0.15, -0.1) is 22.7 Å². The van der Waals surface area contributed by atoms with Gasteiger partial charge < -0.3 is 14.3 Å². The molecule has 0 saturated heterocycles. The van der Waals surface area contributed by atoms with Crippen LogP contribution in [0, 0.1) is 10.1 Å². The number of hydrogen-bond donors (Lipinski definition) is 1. The molecule has 0 heterocycles. The molecule has 1 rings (SSSR count).